The fourth-order valence-corrected chi connectivity index (χ4v) is 3.03. The van der Waals surface area contributed by atoms with Crippen LogP contribution in [0.5, 0.6) is 0 Å². The van der Waals surface area contributed by atoms with Crippen molar-refractivity contribution >= 4 is 0 Å². The number of hydrogen-bond acceptors (Lipinski definition) is 2. The summed E-state index contributed by atoms with van der Waals surface area (Å²) >= 11 is 0. The number of hydrogen-bond donors (Lipinski definition) is 1. The molecular weight excluding hydrogens is 262 g/mol. The molecule has 1 atom stereocenters. The molecule has 1 saturated heterocycles. The fraction of sp³-hybridized carbons (Fsp3) is 0.333. The lowest BCUT2D eigenvalue weighted by Crippen LogP contribution is -2.44. The summed E-state index contributed by atoms with van der Waals surface area (Å²) in [7, 11) is 0. The molecule has 0 amide bonds. The molecule has 0 saturated carbocycles. The van der Waals surface area contributed by atoms with Crippen LogP contribution in [0.3, 0.4) is 0 Å². The average Bonchev–Trinajstić information content (AvgIpc) is 2.76. The molecule has 1 fully saturated rings. The van der Waals surface area contributed by atoms with E-state index in [-0.39, 0.29) is 0 Å². The van der Waals surface area contributed by atoms with E-state index < -0.39 is 5.79 Å². The summed E-state index contributed by atoms with van der Waals surface area (Å²) in [5.41, 5.74) is 2.46. The van der Waals surface area contributed by atoms with E-state index in [1.54, 1.807) is 6.92 Å². The standard InChI is InChI=1S/C18H22NO2/c1-18(20)12-13-19(21-18,14-16-8-4-2-5-9-16)15-17-10-6-3-7-11-17/h2-11,20H,12-15H2,1H3/q+1/t18-/m0/s1. The Morgan fingerprint density at radius 3 is 1.81 bits per heavy atom. The molecule has 0 radical (unpaired) electrons. The van der Waals surface area contributed by atoms with Crippen molar-refractivity contribution in [2.24, 2.45) is 0 Å². The highest BCUT2D eigenvalue weighted by molar-refractivity contribution is 5.15. The van der Waals surface area contributed by atoms with Crippen molar-refractivity contribution < 1.29 is 14.6 Å². The maximum Gasteiger partial charge on any atom is 0.226 e. The van der Waals surface area contributed by atoms with Gasteiger partial charge in [0.05, 0.1) is 6.42 Å². The molecule has 110 valence electrons. The van der Waals surface area contributed by atoms with Gasteiger partial charge in [0, 0.05) is 11.1 Å². The van der Waals surface area contributed by atoms with Crippen LogP contribution in [-0.4, -0.2) is 22.1 Å². The predicted molar refractivity (Wildman–Crippen MR) is 81.7 cm³/mol. The zero-order valence-electron chi connectivity index (χ0n) is 12.4. The molecule has 1 N–H and O–H groups in total. The van der Waals surface area contributed by atoms with E-state index in [1.165, 1.54) is 11.1 Å². The van der Waals surface area contributed by atoms with Crippen LogP contribution in [0.2, 0.25) is 0 Å². The molecule has 0 aromatic heterocycles. The van der Waals surface area contributed by atoms with Gasteiger partial charge in [-0.2, -0.15) is 9.48 Å². The summed E-state index contributed by atoms with van der Waals surface area (Å²) in [5, 5.41) is 10.2. The summed E-state index contributed by atoms with van der Waals surface area (Å²) in [6, 6.07) is 20.7. The van der Waals surface area contributed by atoms with E-state index >= 15 is 0 Å². The topological polar surface area (TPSA) is 29.5 Å². The second kappa shape index (κ2) is 5.60. The van der Waals surface area contributed by atoms with E-state index in [0.717, 1.165) is 19.6 Å². The van der Waals surface area contributed by atoms with Gasteiger partial charge in [-0.15, -0.1) is 0 Å². The van der Waals surface area contributed by atoms with Gasteiger partial charge < -0.3 is 5.11 Å². The molecule has 21 heavy (non-hydrogen) atoms. The van der Waals surface area contributed by atoms with Crippen molar-refractivity contribution in [1.29, 1.82) is 0 Å². The third kappa shape index (κ3) is 3.50. The summed E-state index contributed by atoms with van der Waals surface area (Å²) < 4.78 is 0.445. The average molecular weight is 284 g/mol. The number of aliphatic hydroxyl groups is 1. The number of rotatable bonds is 4. The number of hydroxylamine groups is 3. The van der Waals surface area contributed by atoms with Crippen LogP contribution in [0.15, 0.2) is 60.7 Å². The van der Waals surface area contributed by atoms with Crippen LogP contribution >= 0.6 is 0 Å². The molecular formula is C18H22NO2+. The van der Waals surface area contributed by atoms with Crippen LogP contribution in [0, 0.1) is 0 Å². The minimum Gasteiger partial charge on any atom is -0.361 e. The van der Waals surface area contributed by atoms with E-state index in [0.29, 0.717) is 11.1 Å². The van der Waals surface area contributed by atoms with Gasteiger partial charge in [0.15, 0.2) is 0 Å². The van der Waals surface area contributed by atoms with Gasteiger partial charge in [-0.05, 0) is 6.92 Å². The first-order chi connectivity index (χ1) is 10.1. The maximum atomic E-state index is 10.2. The van der Waals surface area contributed by atoms with Crippen LogP contribution < -0.4 is 0 Å². The third-order valence-corrected chi connectivity index (χ3v) is 4.00. The van der Waals surface area contributed by atoms with Gasteiger partial charge in [0.25, 0.3) is 0 Å². The Morgan fingerprint density at radius 1 is 0.952 bits per heavy atom. The van der Waals surface area contributed by atoms with Crippen molar-refractivity contribution in [3.8, 4) is 0 Å². The Balaban J connectivity index is 1.85. The third-order valence-electron chi connectivity index (χ3n) is 4.00. The van der Waals surface area contributed by atoms with Crippen molar-refractivity contribution in [3.63, 3.8) is 0 Å². The Labute approximate surface area is 126 Å². The van der Waals surface area contributed by atoms with Gasteiger partial charge in [-0.3, -0.25) is 0 Å². The molecule has 1 aliphatic heterocycles. The molecule has 2 aromatic carbocycles. The molecule has 2 aromatic rings. The Hall–Kier alpha value is -1.68. The lowest BCUT2D eigenvalue weighted by atomic mass is 10.1. The molecule has 3 nitrogen and oxygen atoms in total. The second-order valence-electron chi connectivity index (χ2n) is 6.09. The second-order valence-corrected chi connectivity index (χ2v) is 6.09. The SMILES string of the molecule is C[C@@]1(O)CC[N+](Cc2ccccc2)(Cc2ccccc2)O1. The van der Waals surface area contributed by atoms with Crippen molar-refractivity contribution in [2.75, 3.05) is 6.54 Å². The van der Waals surface area contributed by atoms with Crippen LogP contribution in [0.4, 0.5) is 0 Å². The molecule has 0 aliphatic carbocycles. The van der Waals surface area contributed by atoms with Crippen molar-refractivity contribution in [3.05, 3.63) is 71.8 Å². The number of quaternary nitrogens is 1. The van der Waals surface area contributed by atoms with Gasteiger partial charge in [0.1, 0.15) is 19.6 Å². The van der Waals surface area contributed by atoms with Gasteiger partial charge in [0.2, 0.25) is 5.79 Å². The highest BCUT2D eigenvalue weighted by atomic mass is 16.8. The molecule has 0 unspecified atom stereocenters. The Bertz CT molecular complexity index is 539. The van der Waals surface area contributed by atoms with Crippen LogP contribution in [0.1, 0.15) is 24.5 Å². The minimum atomic E-state index is -1.04. The zero-order chi connectivity index (χ0) is 14.8. The van der Waals surface area contributed by atoms with E-state index in [9.17, 15) is 5.11 Å². The predicted octanol–water partition coefficient (Wildman–Crippen LogP) is 3.25. The molecule has 1 aliphatic rings. The largest absolute Gasteiger partial charge is 0.361 e. The molecule has 3 heteroatoms. The van der Waals surface area contributed by atoms with Gasteiger partial charge in [-0.1, -0.05) is 60.7 Å². The van der Waals surface area contributed by atoms with E-state index in [1.807, 2.05) is 36.4 Å². The van der Waals surface area contributed by atoms with Gasteiger partial charge >= 0.3 is 0 Å². The number of benzene rings is 2. The number of nitrogens with zero attached hydrogens (tertiary/aromatic N) is 1. The quantitative estimate of drug-likeness (QED) is 0.873. The highest BCUT2D eigenvalue weighted by Crippen LogP contribution is 2.34. The maximum absolute atomic E-state index is 10.2. The smallest absolute Gasteiger partial charge is 0.226 e. The van der Waals surface area contributed by atoms with Gasteiger partial charge in [-0.25, -0.2) is 0 Å². The van der Waals surface area contributed by atoms with E-state index in [2.05, 4.69) is 24.3 Å². The normalized spacial score (nSPS) is 24.1. The van der Waals surface area contributed by atoms with Crippen LogP contribution in [-0.2, 0) is 17.9 Å². The summed E-state index contributed by atoms with van der Waals surface area (Å²) in [6.07, 6.45) is 0.659. The fourth-order valence-electron chi connectivity index (χ4n) is 3.03. The van der Waals surface area contributed by atoms with Crippen molar-refractivity contribution in [2.45, 2.75) is 32.2 Å². The summed E-state index contributed by atoms with van der Waals surface area (Å²) in [6.45, 7) is 4.11. The molecule has 3 rings (SSSR count). The van der Waals surface area contributed by atoms with Crippen molar-refractivity contribution in [1.82, 2.24) is 0 Å². The zero-order valence-corrected chi connectivity index (χ0v) is 12.4. The van der Waals surface area contributed by atoms with Crippen LogP contribution in [0.25, 0.3) is 0 Å². The molecule has 1 heterocycles. The highest BCUT2D eigenvalue weighted by Gasteiger charge is 2.47. The summed E-state index contributed by atoms with van der Waals surface area (Å²) in [5.74, 6) is -1.04. The first-order valence-electron chi connectivity index (χ1n) is 7.44. The Morgan fingerprint density at radius 2 is 1.43 bits per heavy atom. The monoisotopic (exact) mass is 284 g/mol. The lowest BCUT2D eigenvalue weighted by Gasteiger charge is -2.32. The van der Waals surface area contributed by atoms with E-state index in [4.69, 9.17) is 4.84 Å². The Kier molecular flexibility index (Phi) is 3.81. The molecule has 0 spiro atoms. The molecule has 0 bridgehead atoms. The first kappa shape index (κ1) is 14.3. The minimum absolute atomic E-state index is 0.445. The lowest BCUT2D eigenvalue weighted by molar-refractivity contribution is -1.12. The summed E-state index contributed by atoms with van der Waals surface area (Å²) in [4.78, 5) is 6.04. The first-order valence-corrected chi connectivity index (χ1v) is 7.44.